The molecule has 3 aliphatic heterocycles. The maximum Gasteiger partial charge on any atom is 0.252 e. The van der Waals surface area contributed by atoms with E-state index < -0.39 is 0 Å². The van der Waals surface area contributed by atoms with Gasteiger partial charge in [0.15, 0.2) is 11.5 Å². The van der Waals surface area contributed by atoms with Crippen LogP contribution in [0.2, 0.25) is 0 Å². The van der Waals surface area contributed by atoms with Crippen LogP contribution < -0.4 is 19.5 Å². The third-order valence-electron chi connectivity index (χ3n) is 6.29. The molecule has 1 atom stereocenters. The smallest absolute Gasteiger partial charge is 0.252 e. The predicted molar refractivity (Wildman–Crippen MR) is 109 cm³/mol. The van der Waals surface area contributed by atoms with Crippen LogP contribution in [0.3, 0.4) is 0 Å². The molecule has 0 aliphatic carbocycles. The molecule has 6 heteroatoms. The van der Waals surface area contributed by atoms with E-state index in [2.05, 4.69) is 16.3 Å². The Morgan fingerprint density at radius 2 is 1.93 bits per heavy atom. The van der Waals surface area contributed by atoms with Gasteiger partial charge in [-0.3, -0.25) is 9.69 Å². The first-order chi connectivity index (χ1) is 14.2. The van der Waals surface area contributed by atoms with E-state index in [0.29, 0.717) is 13.2 Å². The Balaban J connectivity index is 1.34. The molecule has 2 aromatic rings. The van der Waals surface area contributed by atoms with Crippen LogP contribution >= 0.6 is 0 Å². The van der Waals surface area contributed by atoms with Crippen molar-refractivity contribution in [2.45, 2.75) is 31.3 Å². The van der Waals surface area contributed by atoms with Crippen LogP contribution in [0, 0.1) is 0 Å². The zero-order valence-electron chi connectivity index (χ0n) is 16.7. The Bertz CT molecular complexity index is 944. The molecule has 1 saturated heterocycles. The Morgan fingerprint density at radius 3 is 2.76 bits per heavy atom. The van der Waals surface area contributed by atoms with Gasteiger partial charge < -0.3 is 19.5 Å². The van der Waals surface area contributed by atoms with Crippen LogP contribution in [0.1, 0.15) is 34.3 Å². The Labute approximate surface area is 170 Å². The Hall–Kier alpha value is -2.73. The largest absolute Gasteiger partial charge is 0.496 e. The summed E-state index contributed by atoms with van der Waals surface area (Å²) < 4.78 is 17.0. The van der Waals surface area contributed by atoms with Gasteiger partial charge >= 0.3 is 0 Å². The number of nitrogens with zero attached hydrogens (tertiary/aromatic N) is 1. The fourth-order valence-corrected chi connectivity index (χ4v) is 4.77. The molecular formula is C23H26N2O4. The second-order valence-corrected chi connectivity index (χ2v) is 8.16. The van der Waals surface area contributed by atoms with E-state index in [1.807, 2.05) is 30.3 Å². The number of likely N-dealkylation sites (tertiary alicyclic amines) is 1. The van der Waals surface area contributed by atoms with Crippen LogP contribution in [0.5, 0.6) is 17.2 Å². The van der Waals surface area contributed by atoms with Crippen molar-refractivity contribution in [1.29, 1.82) is 0 Å². The van der Waals surface area contributed by atoms with Gasteiger partial charge in [-0.25, -0.2) is 0 Å². The monoisotopic (exact) mass is 394 g/mol. The minimum absolute atomic E-state index is 0.0526. The molecule has 152 valence electrons. The molecular weight excluding hydrogens is 368 g/mol. The van der Waals surface area contributed by atoms with E-state index >= 15 is 0 Å². The van der Waals surface area contributed by atoms with E-state index in [1.165, 1.54) is 0 Å². The average Bonchev–Trinajstić information content (AvgIpc) is 3.07. The lowest BCUT2D eigenvalue weighted by Crippen LogP contribution is -2.49. The summed E-state index contributed by atoms with van der Waals surface area (Å²) in [4.78, 5) is 15.2. The van der Waals surface area contributed by atoms with Gasteiger partial charge in [0.25, 0.3) is 5.91 Å². The molecule has 1 spiro atoms. The Morgan fingerprint density at radius 1 is 1.14 bits per heavy atom. The molecule has 1 N–H and O–H groups in total. The summed E-state index contributed by atoms with van der Waals surface area (Å²) in [6.07, 6.45) is 2.85. The van der Waals surface area contributed by atoms with Crippen LogP contribution in [0.15, 0.2) is 36.4 Å². The molecule has 3 aliphatic rings. The summed E-state index contributed by atoms with van der Waals surface area (Å²) in [5.74, 6) is 2.38. The summed E-state index contributed by atoms with van der Waals surface area (Å²) in [5, 5.41) is 3.35. The highest BCUT2D eigenvalue weighted by Crippen LogP contribution is 2.38. The maximum atomic E-state index is 12.8. The molecule has 0 radical (unpaired) electrons. The molecule has 6 nitrogen and oxygen atoms in total. The van der Waals surface area contributed by atoms with Gasteiger partial charge in [-0.15, -0.1) is 0 Å². The molecule has 5 rings (SSSR count). The normalized spacial score (nSPS) is 23.4. The number of rotatable bonds is 3. The number of hydrogen-bond donors (Lipinski definition) is 1. The van der Waals surface area contributed by atoms with E-state index in [9.17, 15) is 4.79 Å². The second kappa shape index (κ2) is 7.26. The lowest BCUT2D eigenvalue weighted by atomic mass is 9.91. The predicted octanol–water partition coefficient (Wildman–Crippen LogP) is 2.79. The maximum absolute atomic E-state index is 12.8. The third-order valence-corrected chi connectivity index (χ3v) is 6.29. The van der Waals surface area contributed by atoms with Gasteiger partial charge in [0.05, 0.1) is 12.6 Å². The number of aryl methyl sites for hydroxylation is 1. The first-order valence-electron chi connectivity index (χ1n) is 10.3. The van der Waals surface area contributed by atoms with Crippen molar-refractivity contribution in [3.05, 3.63) is 53.1 Å². The summed E-state index contributed by atoms with van der Waals surface area (Å²) in [7, 11) is 1.68. The topological polar surface area (TPSA) is 60.0 Å². The summed E-state index contributed by atoms with van der Waals surface area (Å²) in [6, 6.07) is 11.9. The molecule has 1 fully saturated rings. The molecule has 1 amide bonds. The second-order valence-electron chi connectivity index (χ2n) is 8.16. The number of carbonyl (C=O) groups excluding carboxylic acids is 1. The van der Waals surface area contributed by atoms with E-state index in [0.717, 1.165) is 72.8 Å². The van der Waals surface area contributed by atoms with Crippen molar-refractivity contribution in [3.8, 4) is 17.2 Å². The summed E-state index contributed by atoms with van der Waals surface area (Å²) in [6.45, 7) is 3.66. The number of fused-ring (bicyclic) bond motifs is 2. The molecule has 0 saturated carbocycles. The molecule has 29 heavy (non-hydrogen) atoms. The lowest BCUT2D eigenvalue weighted by molar-refractivity contribution is 0.0902. The first-order valence-corrected chi connectivity index (χ1v) is 10.3. The highest BCUT2D eigenvalue weighted by molar-refractivity contribution is 5.96. The number of benzene rings is 2. The standard InChI is InChI=1S/C23H26N2O4/c1-27-19-13-21-20(28-10-11-29-21)12-17(19)14-25-9-8-23(15-25)7-6-16-4-2-3-5-18(16)22(26)24-23/h2-5,12-13H,6-11,14-15H2,1H3,(H,24,26)/t23-/m1/s1. The van der Waals surface area contributed by atoms with Crippen molar-refractivity contribution < 1.29 is 19.0 Å². The molecule has 2 aromatic carbocycles. The van der Waals surface area contributed by atoms with Crippen LogP contribution in [0.25, 0.3) is 0 Å². The third kappa shape index (κ3) is 3.42. The van der Waals surface area contributed by atoms with Crippen molar-refractivity contribution in [3.63, 3.8) is 0 Å². The summed E-state index contributed by atoms with van der Waals surface area (Å²) >= 11 is 0. The van der Waals surface area contributed by atoms with E-state index in [4.69, 9.17) is 14.2 Å². The number of carbonyl (C=O) groups is 1. The van der Waals surface area contributed by atoms with Gasteiger partial charge in [-0.1, -0.05) is 18.2 Å². The van der Waals surface area contributed by atoms with E-state index in [-0.39, 0.29) is 11.4 Å². The number of nitrogens with one attached hydrogen (secondary N) is 1. The van der Waals surface area contributed by atoms with Gasteiger partial charge in [0.1, 0.15) is 19.0 Å². The zero-order chi connectivity index (χ0) is 19.8. The number of hydrogen-bond acceptors (Lipinski definition) is 5. The number of ether oxygens (including phenoxy) is 3. The molecule has 0 aromatic heterocycles. The highest BCUT2D eigenvalue weighted by atomic mass is 16.6. The molecule has 0 bridgehead atoms. The minimum Gasteiger partial charge on any atom is -0.496 e. The van der Waals surface area contributed by atoms with Gasteiger partial charge in [-0.05, 0) is 37.0 Å². The molecule has 3 heterocycles. The van der Waals surface area contributed by atoms with Crippen molar-refractivity contribution in [1.82, 2.24) is 10.2 Å². The van der Waals surface area contributed by atoms with Crippen LogP contribution in [0.4, 0.5) is 0 Å². The van der Waals surface area contributed by atoms with Gasteiger partial charge in [0.2, 0.25) is 0 Å². The lowest BCUT2D eigenvalue weighted by Gasteiger charge is -2.29. The van der Waals surface area contributed by atoms with Crippen molar-refractivity contribution >= 4 is 5.91 Å². The van der Waals surface area contributed by atoms with Gasteiger partial charge in [-0.2, -0.15) is 0 Å². The minimum atomic E-state index is -0.169. The zero-order valence-corrected chi connectivity index (χ0v) is 16.7. The highest BCUT2D eigenvalue weighted by Gasteiger charge is 2.41. The van der Waals surface area contributed by atoms with Crippen molar-refractivity contribution in [2.75, 3.05) is 33.4 Å². The van der Waals surface area contributed by atoms with Crippen LogP contribution in [-0.4, -0.2) is 49.8 Å². The summed E-state index contributed by atoms with van der Waals surface area (Å²) in [5.41, 5.74) is 2.87. The van der Waals surface area contributed by atoms with Crippen molar-refractivity contribution in [2.24, 2.45) is 0 Å². The van der Waals surface area contributed by atoms with Gasteiger partial charge in [0, 0.05) is 36.8 Å². The average molecular weight is 394 g/mol. The first kappa shape index (κ1) is 18.3. The SMILES string of the molecule is COc1cc2c(cc1CN1CC[C@]3(CCc4ccccc4C(=O)N3)C1)OCCO2. The Kier molecular flexibility index (Phi) is 4.59. The van der Waals surface area contributed by atoms with Crippen LogP contribution in [-0.2, 0) is 13.0 Å². The molecule has 0 unspecified atom stereocenters. The quantitative estimate of drug-likeness (QED) is 0.868. The van der Waals surface area contributed by atoms with E-state index in [1.54, 1.807) is 7.11 Å². The number of amides is 1. The number of methoxy groups -OCH3 is 1. The fraction of sp³-hybridized carbons (Fsp3) is 0.435. The fourth-order valence-electron chi connectivity index (χ4n) is 4.77.